The van der Waals surface area contributed by atoms with Gasteiger partial charge in [-0.15, -0.1) is 0 Å². The van der Waals surface area contributed by atoms with Crippen molar-refractivity contribution in [3.05, 3.63) is 35.4 Å². The van der Waals surface area contributed by atoms with Gasteiger partial charge in [-0.1, -0.05) is 38.1 Å². The lowest BCUT2D eigenvalue weighted by Crippen LogP contribution is -2.41. The minimum atomic E-state index is 0.216. The van der Waals surface area contributed by atoms with Crippen molar-refractivity contribution in [3.63, 3.8) is 0 Å². The Morgan fingerprint density at radius 3 is 2.76 bits per heavy atom. The monoisotopic (exact) mass is 233 g/mol. The second kappa shape index (κ2) is 5.65. The Kier molecular flexibility index (Phi) is 4.19. The molecule has 0 aromatic heterocycles. The summed E-state index contributed by atoms with van der Waals surface area (Å²) in [5, 5.41) is 3.49. The highest BCUT2D eigenvalue weighted by atomic mass is 16.5. The lowest BCUT2D eigenvalue weighted by Gasteiger charge is -2.32. The summed E-state index contributed by atoms with van der Waals surface area (Å²) in [5.74, 6) is 0.692. The zero-order valence-corrected chi connectivity index (χ0v) is 11.1. The molecule has 1 N–H and O–H groups in total. The Morgan fingerprint density at radius 1 is 1.29 bits per heavy atom. The highest BCUT2D eigenvalue weighted by Crippen LogP contribution is 2.26. The van der Waals surface area contributed by atoms with Gasteiger partial charge in [-0.3, -0.25) is 0 Å². The molecule has 1 saturated heterocycles. The van der Waals surface area contributed by atoms with Crippen molar-refractivity contribution in [2.24, 2.45) is 5.92 Å². The van der Waals surface area contributed by atoms with Crippen molar-refractivity contribution in [1.82, 2.24) is 5.32 Å². The van der Waals surface area contributed by atoms with Crippen LogP contribution in [-0.2, 0) is 4.74 Å². The van der Waals surface area contributed by atoms with Gasteiger partial charge in [0.25, 0.3) is 0 Å². The first kappa shape index (κ1) is 12.6. The maximum Gasteiger partial charge on any atom is 0.0956 e. The maximum atomic E-state index is 6.20. The Labute approximate surface area is 104 Å². The minimum Gasteiger partial charge on any atom is -0.368 e. The number of ether oxygens (including phenoxy) is 1. The van der Waals surface area contributed by atoms with Gasteiger partial charge in [-0.25, -0.2) is 0 Å². The number of nitrogens with one attached hydrogen (secondary N) is 1. The molecule has 0 bridgehead atoms. The summed E-state index contributed by atoms with van der Waals surface area (Å²) in [6.45, 7) is 8.58. The molecule has 0 saturated carbocycles. The number of rotatable bonds is 3. The third-order valence-electron chi connectivity index (χ3n) is 3.33. The third-order valence-corrected chi connectivity index (χ3v) is 3.33. The molecule has 2 heteroatoms. The fourth-order valence-corrected chi connectivity index (χ4v) is 2.50. The molecule has 2 rings (SSSR count). The fraction of sp³-hybridized carbons (Fsp3) is 0.600. The van der Waals surface area contributed by atoms with E-state index in [-0.39, 0.29) is 6.10 Å². The van der Waals surface area contributed by atoms with Crippen LogP contribution >= 0.6 is 0 Å². The lowest BCUT2D eigenvalue weighted by atomic mass is 10.00. The van der Waals surface area contributed by atoms with E-state index in [1.807, 2.05) is 0 Å². The summed E-state index contributed by atoms with van der Waals surface area (Å²) >= 11 is 0. The molecule has 0 amide bonds. The van der Waals surface area contributed by atoms with Gasteiger partial charge in [0.15, 0.2) is 0 Å². The average molecular weight is 233 g/mol. The third kappa shape index (κ3) is 3.30. The number of morpholine rings is 1. The Bertz CT molecular complexity index is 362. The first-order valence-corrected chi connectivity index (χ1v) is 6.58. The van der Waals surface area contributed by atoms with Crippen LogP contribution in [-0.4, -0.2) is 19.2 Å². The van der Waals surface area contributed by atoms with E-state index >= 15 is 0 Å². The van der Waals surface area contributed by atoms with Crippen LogP contribution in [0.5, 0.6) is 0 Å². The molecule has 1 aromatic carbocycles. The molecule has 2 unspecified atom stereocenters. The molecule has 0 aliphatic carbocycles. The largest absolute Gasteiger partial charge is 0.368 e. The molecule has 1 aliphatic rings. The van der Waals surface area contributed by atoms with Crippen molar-refractivity contribution >= 4 is 0 Å². The molecule has 1 heterocycles. The number of hydrogen-bond donors (Lipinski definition) is 1. The predicted molar refractivity (Wildman–Crippen MR) is 71.1 cm³/mol. The van der Waals surface area contributed by atoms with Gasteiger partial charge >= 0.3 is 0 Å². The summed E-state index contributed by atoms with van der Waals surface area (Å²) < 4.78 is 6.20. The van der Waals surface area contributed by atoms with E-state index in [1.54, 1.807) is 0 Å². The Hall–Kier alpha value is -0.860. The van der Waals surface area contributed by atoms with Crippen molar-refractivity contribution in [1.29, 1.82) is 0 Å². The quantitative estimate of drug-likeness (QED) is 0.866. The molecule has 1 fully saturated rings. The summed E-state index contributed by atoms with van der Waals surface area (Å²) in [6.07, 6.45) is 1.71. The molecule has 1 aromatic rings. The number of aryl methyl sites for hydroxylation is 1. The topological polar surface area (TPSA) is 21.3 Å². The zero-order valence-electron chi connectivity index (χ0n) is 11.1. The SMILES string of the molecule is Cc1ccccc1C1CNCC(CC(C)C)O1. The van der Waals surface area contributed by atoms with Crippen LogP contribution in [0.1, 0.15) is 37.5 Å². The normalized spacial score (nSPS) is 25.2. The van der Waals surface area contributed by atoms with Crippen LogP contribution in [0.3, 0.4) is 0 Å². The zero-order chi connectivity index (χ0) is 12.3. The first-order chi connectivity index (χ1) is 8.16. The summed E-state index contributed by atoms with van der Waals surface area (Å²) in [5.41, 5.74) is 2.65. The molecular weight excluding hydrogens is 210 g/mol. The molecular formula is C15H23NO. The smallest absolute Gasteiger partial charge is 0.0956 e. The van der Waals surface area contributed by atoms with Crippen LogP contribution < -0.4 is 5.32 Å². The highest BCUT2D eigenvalue weighted by molar-refractivity contribution is 5.28. The summed E-state index contributed by atoms with van der Waals surface area (Å²) in [6, 6.07) is 8.52. The van der Waals surface area contributed by atoms with Gasteiger partial charge in [-0.05, 0) is 30.4 Å². The van der Waals surface area contributed by atoms with Gasteiger partial charge in [0, 0.05) is 13.1 Å². The molecule has 94 valence electrons. The van der Waals surface area contributed by atoms with Crippen LogP contribution in [0.2, 0.25) is 0 Å². The highest BCUT2D eigenvalue weighted by Gasteiger charge is 2.24. The molecule has 2 nitrogen and oxygen atoms in total. The number of benzene rings is 1. The van der Waals surface area contributed by atoms with Gasteiger partial charge in [-0.2, -0.15) is 0 Å². The van der Waals surface area contributed by atoms with Gasteiger partial charge < -0.3 is 10.1 Å². The van der Waals surface area contributed by atoms with Gasteiger partial charge in [0.1, 0.15) is 0 Å². The van der Waals surface area contributed by atoms with Crippen LogP contribution in [0.25, 0.3) is 0 Å². The maximum absolute atomic E-state index is 6.20. The predicted octanol–water partition coefficient (Wildman–Crippen LogP) is 3.07. The van der Waals surface area contributed by atoms with E-state index in [2.05, 4.69) is 50.4 Å². The molecule has 0 radical (unpaired) electrons. The molecule has 0 spiro atoms. The molecule has 1 aliphatic heterocycles. The second-order valence-corrected chi connectivity index (χ2v) is 5.39. The van der Waals surface area contributed by atoms with E-state index < -0.39 is 0 Å². The van der Waals surface area contributed by atoms with Crippen LogP contribution in [0, 0.1) is 12.8 Å². The van der Waals surface area contributed by atoms with E-state index in [4.69, 9.17) is 4.74 Å². The van der Waals surface area contributed by atoms with Crippen molar-refractivity contribution in [3.8, 4) is 0 Å². The van der Waals surface area contributed by atoms with E-state index in [9.17, 15) is 0 Å². The van der Waals surface area contributed by atoms with E-state index in [1.165, 1.54) is 11.1 Å². The van der Waals surface area contributed by atoms with Crippen LogP contribution in [0.4, 0.5) is 0 Å². The van der Waals surface area contributed by atoms with E-state index in [0.29, 0.717) is 12.0 Å². The second-order valence-electron chi connectivity index (χ2n) is 5.39. The lowest BCUT2D eigenvalue weighted by molar-refractivity contribution is -0.0476. The summed E-state index contributed by atoms with van der Waals surface area (Å²) in [7, 11) is 0. The van der Waals surface area contributed by atoms with Crippen LogP contribution in [0.15, 0.2) is 24.3 Å². The summed E-state index contributed by atoms with van der Waals surface area (Å²) in [4.78, 5) is 0. The first-order valence-electron chi connectivity index (χ1n) is 6.58. The number of hydrogen-bond acceptors (Lipinski definition) is 2. The Balaban J connectivity index is 2.04. The van der Waals surface area contributed by atoms with Crippen molar-refractivity contribution < 1.29 is 4.74 Å². The molecule has 2 atom stereocenters. The van der Waals surface area contributed by atoms with Crippen molar-refractivity contribution in [2.75, 3.05) is 13.1 Å². The molecule has 17 heavy (non-hydrogen) atoms. The van der Waals surface area contributed by atoms with Gasteiger partial charge in [0.05, 0.1) is 12.2 Å². The fourth-order valence-electron chi connectivity index (χ4n) is 2.50. The average Bonchev–Trinajstić information content (AvgIpc) is 2.29. The van der Waals surface area contributed by atoms with Crippen molar-refractivity contribution in [2.45, 2.75) is 39.4 Å². The van der Waals surface area contributed by atoms with E-state index in [0.717, 1.165) is 19.5 Å². The minimum absolute atomic E-state index is 0.216. The van der Waals surface area contributed by atoms with Gasteiger partial charge in [0.2, 0.25) is 0 Å². The standard InChI is InChI=1S/C15H23NO/c1-11(2)8-13-9-16-10-15(17-13)14-7-5-4-6-12(14)3/h4-7,11,13,15-16H,8-10H2,1-3H3. The Morgan fingerprint density at radius 2 is 2.06 bits per heavy atom.